The number of fused-ring (bicyclic) bond motifs is 5. The van der Waals surface area contributed by atoms with Crippen molar-refractivity contribution in [3.8, 4) is 22.3 Å². The number of hydrogen-bond acceptors (Lipinski definition) is 1. The first-order valence-corrected chi connectivity index (χ1v) is 14.6. The highest BCUT2D eigenvalue weighted by Gasteiger charge is 2.46. The lowest BCUT2D eigenvalue weighted by molar-refractivity contribution is 0.0762. The highest BCUT2D eigenvalue weighted by molar-refractivity contribution is 6.17. The van der Waals surface area contributed by atoms with Gasteiger partial charge in [0.15, 0.2) is 0 Å². The van der Waals surface area contributed by atoms with Crippen molar-refractivity contribution >= 4 is 33.3 Å². The summed E-state index contributed by atoms with van der Waals surface area (Å²) in [6, 6.07) is 30.7. The van der Waals surface area contributed by atoms with E-state index in [-0.39, 0.29) is 11.8 Å². The molecule has 1 saturated carbocycles. The van der Waals surface area contributed by atoms with Crippen molar-refractivity contribution in [2.24, 2.45) is 5.41 Å². The van der Waals surface area contributed by atoms with Crippen LogP contribution in [0.25, 0.3) is 49.6 Å². The van der Waals surface area contributed by atoms with Crippen LogP contribution >= 0.6 is 0 Å². The Labute approximate surface area is 240 Å². The van der Waals surface area contributed by atoms with Gasteiger partial charge >= 0.3 is 0 Å². The van der Waals surface area contributed by atoms with Crippen LogP contribution < -0.4 is 0 Å². The van der Waals surface area contributed by atoms with Crippen LogP contribution in [0.15, 0.2) is 127 Å². The van der Waals surface area contributed by atoms with E-state index >= 15 is 0 Å². The van der Waals surface area contributed by atoms with E-state index in [1.54, 1.807) is 0 Å². The number of allylic oxidation sites excluding steroid dienone is 8. The van der Waals surface area contributed by atoms with Gasteiger partial charge in [0.25, 0.3) is 0 Å². The zero-order valence-corrected chi connectivity index (χ0v) is 23.4. The van der Waals surface area contributed by atoms with Crippen LogP contribution in [0.1, 0.15) is 48.5 Å². The normalized spacial score (nSPS) is 21.0. The average molecular weight is 530 g/mol. The molecule has 1 aliphatic heterocycles. The van der Waals surface area contributed by atoms with Gasteiger partial charge in [0.2, 0.25) is 5.91 Å². The first-order valence-electron chi connectivity index (χ1n) is 14.6. The van der Waals surface area contributed by atoms with E-state index in [2.05, 4.69) is 129 Å². The lowest BCUT2D eigenvalue weighted by Crippen LogP contribution is -2.40. The van der Waals surface area contributed by atoms with Crippen molar-refractivity contribution in [1.29, 1.82) is 0 Å². The van der Waals surface area contributed by atoms with E-state index < -0.39 is 5.41 Å². The molecule has 198 valence electrons. The van der Waals surface area contributed by atoms with Gasteiger partial charge in [-0.25, -0.2) is 0 Å². The summed E-state index contributed by atoms with van der Waals surface area (Å²) in [4.78, 5) is 14.0. The van der Waals surface area contributed by atoms with Crippen LogP contribution in [0.5, 0.6) is 0 Å². The molecule has 5 aromatic rings. The summed E-state index contributed by atoms with van der Waals surface area (Å²) in [5.41, 5.74) is 11.5. The van der Waals surface area contributed by atoms with E-state index in [1.165, 1.54) is 51.8 Å². The molecule has 2 heterocycles. The summed E-state index contributed by atoms with van der Waals surface area (Å²) >= 11 is 0. The molecule has 1 fully saturated rings. The zero-order chi connectivity index (χ0) is 27.7. The van der Waals surface area contributed by atoms with Crippen molar-refractivity contribution in [2.45, 2.75) is 32.6 Å². The first kappa shape index (κ1) is 24.1. The maximum atomic E-state index is 14.0. The standard InChI is InChI=1S/C39H31NO/c1-3-26(21-25-16-17-25)27-9-6-10-28(22-27)29-11-7-12-30(23-29)31-18-19-36-34(24-31)32-13-8-14-33-35-15-4-5-20-39(35,2)38(41)40(36)37(32)33/h3-15,18-24,35H,16-17H2,1-2H3/b26-3+. The minimum atomic E-state index is -0.578. The van der Waals surface area contributed by atoms with Crippen molar-refractivity contribution < 1.29 is 4.79 Å². The van der Waals surface area contributed by atoms with E-state index in [1.807, 2.05) is 10.6 Å². The predicted octanol–water partition coefficient (Wildman–Crippen LogP) is 10.1. The fourth-order valence-corrected chi connectivity index (χ4v) is 6.87. The van der Waals surface area contributed by atoms with Crippen molar-refractivity contribution in [3.63, 3.8) is 0 Å². The molecule has 4 aromatic carbocycles. The van der Waals surface area contributed by atoms with Crippen molar-refractivity contribution in [3.05, 3.63) is 138 Å². The topological polar surface area (TPSA) is 22.0 Å². The minimum absolute atomic E-state index is 0.0518. The van der Waals surface area contributed by atoms with Gasteiger partial charge in [-0.3, -0.25) is 9.36 Å². The molecule has 8 rings (SSSR count). The third kappa shape index (κ3) is 3.67. The Kier molecular flexibility index (Phi) is 5.24. The van der Waals surface area contributed by atoms with Gasteiger partial charge < -0.3 is 0 Å². The summed E-state index contributed by atoms with van der Waals surface area (Å²) in [5, 5.41) is 2.27. The third-order valence-corrected chi connectivity index (χ3v) is 9.26. The van der Waals surface area contributed by atoms with Crippen LogP contribution in [0, 0.1) is 5.41 Å². The fourth-order valence-electron chi connectivity index (χ4n) is 6.87. The summed E-state index contributed by atoms with van der Waals surface area (Å²) in [7, 11) is 0. The maximum Gasteiger partial charge on any atom is 0.242 e. The number of hydrogen-bond donors (Lipinski definition) is 0. The molecule has 0 radical (unpaired) electrons. The van der Waals surface area contributed by atoms with Gasteiger partial charge in [-0.05, 0) is 89.9 Å². The van der Waals surface area contributed by atoms with Crippen LogP contribution in [0.2, 0.25) is 0 Å². The highest BCUT2D eigenvalue weighted by atomic mass is 16.2. The molecule has 2 heteroatoms. The third-order valence-electron chi connectivity index (χ3n) is 9.26. The fraction of sp³-hybridized carbons (Fsp3) is 0.154. The molecule has 0 N–H and O–H groups in total. The molecule has 3 aliphatic rings. The lowest BCUT2D eigenvalue weighted by atomic mass is 9.68. The van der Waals surface area contributed by atoms with Crippen LogP contribution in [-0.4, -0.2) is 10.5 Å². The summed E-state index contributed by atoms with van der Waals surface area (Å²) < 4.78 is 1.97. The Bertz CT molecular complexity index is 2040. The average Bonchev–Trinajstić information content (AvgIpc) is 3.78. The molecule has 0 spiro atoms. The Hall–Kier alpha value is -4.69. The Balaban J connectivity index is 1.24. The van der Waals surface area contributed by atoms with Crippen LogP contribution in [-0.2, 0) is 0 Å². The molecular formula is C39H31NO. The van der Waals surface area contributed by atoms with Crippen LogP contribution in [0.3, 0.4) is 0 Å². The second kappa shape index (κ2) is 8.91. The quantitative estimate of drug-likeness (QED) is 0.227. The van der Waals surface area contributed by atoms with Crippen LogP contribution in [0.4, 0.5) is 0 Å². The Morgan fingerprint density at radius 1 is 0.829 bits per heavy atom. The first-order chi connectivity index (χ1) is 20.0. The second-order valence-corrected chi connectivity index (χ2v) is 11.8. The highest BCUT2D eigenvalue weighted by Crippen LogP contribution is 2.50. The number of para-hydroxylation sites is 1. The summed E-state index contributed by atoms with van der Waals surface area (Å²) in [6.45, 7) is 4.19. The molecule has 2 nitrogen and oxygen atoms in total. The minimum Gasteiger partial charge on any atom is -0.279 e. The monoisotopic (exact) mass is 529 g/mol. The van der Waals surface area contributed by atoms with Gasteiger partial charge in [-0.15, -0.1) is 0 Å². The predicted molar refractivity (Wildman–Crippen MR) is 171 cm³/mol. The number of carbonyl (C=O) groups excluding carboxylic acids is 1. The molecule has 2 aliphatic carbocycles. The summed E-state index contributed by atoms with van der Waals surface area (Å²) in [5.74, 6) is 0.199. The number of carbonyl (C=O) groups is 1. The van der Waals surface area contributed by atoms with Gasteiger partial charge in [-0.1, -0.05) is 103 Å². The molecule has 0 saturated heterocycles. The Morgan fingerprint density at radius 2 is 1.56 bits per heavy atom. The molecule has 2 unspecified atom stereocenters. The molecule has 1 aromatic heterocycles. The zero-order valence-electron chi connectivity index (χ0n) is 23.4. The SMILES string of the molecule is C/C=C(\C=C1CC1)c1cccc(-c2cccc(-c3ccc4c(c3)c3cccc5c3n4C(=O)C3(C)C=CC=CC53)c2)c1. The number of nitrogens with zero attached hydrogens (tertiary/aromatic N) is 1. The molecule has 2 atom stereocenters. The van der Waals surface area contributed by atoms with E-state index in [9.17, 15) is 4.79 Å². The maximum absolute atomic E-state index is 14.0. The number of rotatable bonds is 4. The van der Waals surface area contributed by atoms with Crippen molar-refractivity contribution in [2.75, 3.05) is 0 Å². The van der Waals surface area contributed by atoms with Gasteiger partial charge in [0.05, 0.1) is 16.4 Å². The van der Waals surface area contributed by atoms with Gasteiger partial charge in [-0.2, -0.15) is 0 Å². The van der Waals surface area contributed by atoms with Gasteiger partial charge in [0.1, 0.15) is 0 Å². The van der Waals surface area contributed by atoms with E-state index in [0.29, 0.717) is 0 Å². The van der Waals surface area contributed by atoms with E-state index in [4.69, 9.17) is 0 Å². The number of benzene rings is 4. The van der Waals surface area contributed by atoms with Crippen molar-refractivity contribution in [1.82, 2.24) is 4.57 Å². The Morgan fingerprint density at radius 3 is 2.34 bits per heavy atom. The largest absolute Gasteiger partial charge is 0.279 e. The smallest absolute Gasteiger partial charge is 0.242 e. The molecule has 0 amide bonds. The number of aromatic nitrogens is 1. The van der Waals surface area contributed by atoms with Gasteiger partial charge in [0, 0.05) is 16.7 Å². The lowest BCUT2D eigenvalue weighted by Gasteiger charge is -2.38. The second-order valence-electron chi connectivity index (χ2n) is 11.8. The molecule has 41 heavy (non-hydrogen) atoms. The summed E-state index contributed by atoms with van der Waals surface area (Å²) in [6.07, 6.45) is 15.3. The molecule has 0 bridgehead atoms. The van der Waals surface area contributed by atoms with E-state index in [0.717, 1.165) is 27.4 Å². The molecular weight excluding hydrogens is 498 g/mol.